The van der Waals surface area contributed by atoms with Crippen molar-refractivity contribution in [2.24, 2.45) is 0 Å². The molecule has 0 aliphatic carbocycles. The summed E-state index contributed by atoms with van der Waals surface area (Å²) in [6, 6.07) is 0.948. The molecule has 0 saturated heterocycles. The summed E-state index contributed by atoms with van der Waals surface area (Å²) in [4.78, 5) is 10.4. The van der Waals surface area contributed by atoms with Crippen molar-refractivity contribution in [3.8, 4) is 0 Å². The molecule has 0 bridgehead atoms. The molecule has 0 spiro atoms. The lowest BCUT2D eigenvalue weighted by Gasteiger charge is -2.16. The van der Waals surface area contributed by atoms with Gasteiger partial charge in [-0.05, 0) is 25.5 Å². The maximum Gasteiger partial charge on any atom is 0.335 e. The fraction of sp³-hybridized carbons (Fsp3) is 0.417. The van der Waals surface area contributed by atoms with E-state index in [9.17, 15) is 17.6 Å². The largest absolute Gasteiger partial charge is 0.478 e. The van der Waals surface area contributed by atoms with Gasteiger partial charge in [-0.15, -0.1) is 0 Å². The molecular weight excluding hydrogens is 289 g/mol. The zero-order valence-electron chi connectivity index (χ0n) is 11.1. The Balaban J connectivity index is 3.34. The first-order chi connectivity index (χ1) is 9.22. The number of hydrogen-bond acceptors (Lipinski definition) is 4. The molecule has 0 fully saturated rings. The number of aliphatic hydroxyl groups excluding tert-OH is 1. The fourth-order valence-corrected chi connectivity index (χ4v) is 3.18. The van der Waals surface area contributed by atoms with Crippen LogP contribution in [0.4, 0.5) is 4.39 Å². The molecule has 0 heterocycles. The highest BCUT2D eigenvalue weighted by molar-refractivity contribution is 7.89. The first-order valence-corrected chi connectivity index (χ1v) is 7.37. The van der Waals surface area contributed by atoms with Crippen molar-refractivity contribution in [3.05, 3.63) is 29.1 Å². The maximum absolute atomic E-state index is 13.6. The predicted molar refractivity (Wildman–Crippen MR) is 69.6 cm³/mol. The number of sulfonamides is 1. The molecule has 1 rings (SSSR count). The van der Waals surface area contributed by atoms with E-state index < -0.39 is 44.9 Å². The molecular formula is C12H16FNO5S. The Hall–Kier alpha value is -1.51. The number of carboxylic acids is 1. The van der Waals surface area contributed by atoms with Gasteiger partial charge in [-0.25, -0.2) is 22.3 Å². The van der Waals surface area contributed by atoms with Gasteiger partial charge in [0.2, 0.25) is 10.0 Å². The van der Waals surface area contributed by atoms with Gasteiger partial charge in [-0.1, -0.05) is 6.92 Å². The van der Waals surface area contributed by atoms with Crippen molar-refractivity contribution in [2.45, 2.75) is 31.2 Å². The van der Waals surface area contributed by atoms with E-state index in [4.69, 9.17) is 10.2 Å². The van der Waals surface area contributed by atoms with E-state index in [-0.39, 0.29) is 5.56 Å². The van der Waals surface area contributed by atoms with Crippen molar-refractivity contribution >= 4 is 16.0 Å². The molecule has 6 nitrogen and oxygen atoms in total. The molecule has 112 valence electrons. The normalized spacial score (nSPS) is 13.2. The molecule has 0 radical (unpaired) electrons. The van der Waals surface area contributed by atoms with Crippen LogP contribution in [0.25, 0.3) is 0 Å². The van der Waals surface area contributed by atoms with Crippen LogP contribution in [0, 0.1) is 12.7 Å². The number of hydrogen-bond donors (Lipinski definition) is 3. The number of aliphatic hydroxyl groups is 1. The van der Waals surface area contributed by atoms with Crippen LogP contribution >= 0.6 is 0 Å². The second-order valence-corrected chi connectivity index (χ2v) is 5.98. The lowest BCUT2D eigenvalue weighted by molar-refractivity contribution is 0.0696. The molecule has 8 heteroatoms. The standard InChI is InChI=1S/C12H16FNO5S/c1-3-9(6-15)14-20(18,19)11-5-8(12(16)17)4-10(13)7(11)2/h4-5,9,14-15H,3,6H2,1-2H3,(H,16,17)/t9-/m0/s1. The SMILES string of the molecule is CC[C@@H](CO)NS(=O)(=O)c1cc(C(=O)O)cc(F)c1C. The molecule has 1 aromatic rings. The molecule has 0 unspecified atom stereocenters. The number of carbonyl (C=O) groups is 1. The van der Waals surface area contributed by atoms with Crippen LogP contribution in [0.5, 0.6) is 0 Å². The highest BCUT2D eigenvalue weighted by atomic mass is 32.2. The number of halogens is 1. The van der Waals surface area contributed by atoms with Gasteiger partial charge in [-0.2, -0.15) is 0 Å². The summed E-state index contributed by atoms with van der Waals surface area (Å²) in [5, 5.41) is 17.9. The average molecular weight is 305 g/mol. The number of carboxylic acid groups (broad SMARTS) is 1. The first-order valence-electron chi connectivity index (χ1n) is 5.89. The molecule has 0 aromatic heterocycles. The summed E-state index contributed by atoms with van der Waals surface area (Å²) in [7, 11) is -4.11. The minimum absolute atomic E-state index is 0.171. The molecule has 0 aliphatic rings. The van der Waals surface area contributed by atoms with Crippen molar-refractivity contribution < 1.29 is 27.8 Å². The van der Waals surface area contributed by atoms with Gasteiger partial charge in [0.05, 0.1) is 17.1 Å². The van der Waals surface area contributed by atoms with Crippen LogP contribution in [0.1, 0.15) is 29.3 Å². The average Bonchev–Trinajstić information content (AvgIpc) is 2.38. The Kier molecular flexibility index (Phi) is 5.21. The molecule has 0 saturated carbocycles. The third kappa shape index (κ3) is 3.53. The maximum atomic E-state index is 13.6. The lowest BCUT2D eigenvalue weighted by atomic mass is 10.1. The fourth-order valence-electron chi connectivity index (χ4n) is 1.59. The number of benzene rings is 1. The van der Waals surface area contributed by atoms with Crippen LogP contribution in [0.15, 0.2) is 17.0 Å². The van der Waals surface area contributed by atoms with E-state index in [1.165, 1.54) is 6.92 Å². The van der Waals surface area contributed by atoms with Gasteiger partial charge in [0.15, 0.2) is 0 Å². The van der Waals surface area contributed by atoms with Gasteiger partial charge in [0, 0.05) is 11.6 Å². The summed E-state index contributed by atoms with van der Waals surface area (Å²) in [6.07, 6.45) is 0.343. The Morgan fingerprint density at radius 3 is 2.50 bits per heavy atom. The minimum atomic E-state index is -4.11. The first kappa shape index (κ1) is 16.5. The number of nitrogens with one attached hydrogen (secondary N) is 1. The highest BCUT2D eigenvalue weighted by Crippen LogP contribution is 2.21. The third-order valence-corrected chi connectivity index (χ3v) is 4.51. The van der Waals surface area contributed by atoms with Crippen LogP contribution in [0.3, 0.4) is 0 Å². The van der Waals surface area contributed by atoms with Crippen LogP contribution in [-0.4, -0.2) is 37.2 Å². The van der Waals surface area contributed by atoms with E-state index >= 15 is 0 Å². The van der Waals surface area contributed by atoms with Crippen LogP contribution < -0.4 is 4.72 Å². The van der Waals surface area contributed by atoms with E-state index in [1.807, 2.05) is 0 Å². The van der Waals surface area contributed by atoms with Gasteiger partial charge < -0.3 is 10.2 Å². The Labute approximate surface area is 116 Å². The molecule has 20 heavy (non-hydrogen) atoms. The van der Waals surface area contributed by atoms with Crippen molar-refractivity contribution in [1.82, 2.24) is 4.72 Å². The van der Waals surface area contributed by atoms with Crippen molar-refractivity contribution in [1.29, 1.82) is 0 Å². The zero-order valence-corrected chi connectivity index (χ0v) is 11.9. The minimum Gasteiger partial charge on any atom is -0.478 e. The Morgan fingerprint density at radius 1 is 1.45 bits per heavy atom. The number of rotatable bonds is 6. The Bertz CT molecular complexity index is 611. The Morgan fingerprint density at radius 2 is 2.05 bits per heavy atom. The van der Waals surface area contributed by atoms with Crippen LogP contribution in [-0.2, 0) is 10.0 Å². The monoisotopic (exact) mass is 305 g/mol. The second-order valence-electron chi connectivity index (χ2n) is 4.30. The summed E-state index contributed by atoms with van der Waals surface area (Å²) >= 11 is 0. The third-order valence-electron chi connectivity index (χ3n) is 2.87. The summed E-state index contributed by atoms with van der Waals surface area (Å²) < 4.78 is 40.1. The summed E-state index contributed by atoms with van der Waals surface area (Å²) in [5.74, 6) is -2.34. The predicted octanol–water partition coefficient (Wildman–Crippen LogP) is 0.882. The molecule has 0 aliphatic heterocycles. The lowest BCUT2D eigenvalue weighted by Crippen LogP contribution is -2.37. The summed E-state index contributed by atoms with van der Waals surface area (Å²) in [5.41, 5.74) is -0.624. The van der Waals surface area contributed by atoms with Gasteiger partial charge in [0.25, 0.3) is 0 Å². The van der Waals surface area contributed by atoms with E-state index in [0.29, 0.717) is 6.42 Å². The van der Waals surface area contributed by atoms with Crippen LogP contribution in [0.2, 0.25) is 0 Å². The number of aromatic carboxylic acids is 1. The van der Waals surface area contributed by atoms with E-state index in [0.717, 1.165) is 12.1 Å². The molecule has 0 amide bonds. The quantitative estimate of drug-likeness (QED) is 0.724. The molecule has 1 atom stereocenters. The van der Waals surface area contributed by atoms with E-state index in [2.05, 4.69) is 4.72 Å². The van der Waals surface area contributed by atoms with Crippen molar-refractivity contribution in [3.63, 3.8) is 0 Å². The van der Waals surface area contributed by atoms with E-state index in [1.54, 1.807) is 6.92 Å². The topological polar surface area (TPSA) is 104 Å². The zero-order chi connectivity index (χ0) is 15.5. The smallest absolute Gasteiger partial charge is 0.335 e. The highest BCUT2D eigenvalue weighted by Gasteiger charge is 2.24. The second kappa shape index (κ2) is 6.29. The molecule has 3 N–H and O–H groups in total. The van der Waals surface area contributed by atoms with Gasteiger partial charge in [-0.3, -0.25) is 0 Å². The van der Waals surface area contributed by atoms with Gasteiger partial charge in [0.1, 0.15) is 5.82 Å². The summed E-state index contributed by atoms with van der Waals surface area (Å²) in [6.45, 7) is 2.51. The van der Waals surface area contributed by atoms with Gasteiger partial charge >= 0.3 is 5.97 Å². The van der Waals surface area contributed by atoms with Crippen molar-refractivity contribution in [2.75, 3.05) is 6.61 Å². The molecule has 1 aromatic carbocycles.